The van der Waals surface area contributed by atoms with E-state index in [9.17, 15) is 13.2 Å². The molecule has 0 bridgehead atoms. The molecule has 0 radical (unpaired) electrons. The topological polar surface area (TPSA) is 18.5 Å². The molecular formula is C14H28F3N3. The molecule has 1 fully saturated rings. The lowest BCUT2D eigenvalue weighted by Gasteiger charge is -2.40. The molecular weight excluding hydrogens is 267 g/mol. The maximum Gasteiger partial charge on any atom is 0.401 e. The van der Waals surface area contributed by atoms with Gasteiger partial charge in [0, 0.05) is 32.2 Å². The summed E-state index contributed by atoms with van der Waals surface area (Å²) in [5, 5.41) is 3.41. The van der Waals surface area contributed by atoms with Gasteiger partial charge < -0.3 is 5.32 Å². The fraction of sp³-hybridized carbons (Fsp3) is 1.00. The third kappa shape index (κ3) is 6.41. The van der Waals surface area contributed by atoms with Crippen LogP contribution >= 0.6 is 0 Å². The van der Waals surface area contributed by atoms with Crippen LogP contribution in [-0.2, 0) is 0 Å². The number of rotatable bonds is 7. The lowest BCUT2D eigenvalue weighted by Crippen LogP contribution is -2.53. The Balaban J connectivity index is 2.29. The largest absolute Gasteiger partial charge is 0.401 e. The van der Waals surface area contributed by atoms with Gasteiger partial charge in [-0.05, 0) is 32.4 Å². The Kier molecular flexibility index (Phi) is 7.26. The second kappa shape index (κ2) is 8.20. The fourth-order valence-corrected chi connectivity index (χ4v) is 2.62. The minimum Gasteiger partial charge on any atom is -0.316 e. The number of hydrogen-bond donors (Lipinski definition) is 1. The number of hydrogen-bond acceptors (Lipinski definition) is 3. The first-order valence-corrected chi connectivity index (χ1v) is 7.57. The van der Waals surface area contributed by atoms with Crippen molar-refractivity contribution in [1.82, 2.24) is 15.1 Å². The van der Waals surface area contributed by atoms with Crippen molar-refractivity contribution in [3.05, 3.63) is 0 Å². The van der Waals surface area contributed by atoms with Crippen molar-refractivity contribution >= 4 is 0 Å². The van der Waals surface area contributed by atoms with Gasteiger partial charge in [0.15, 0.2) is 0 Å². The Labute approximate surface area is 120 Å². The lowest BCUT2D eigenvalue weighted by molar-refractivity contribution is -0.150. The van der Waals surface area contributed by atoms with Gasteiger partial charge in [0.2, 0.25) is 0 Å². The van der Waals surface area contributed by atoms with E-state index in [2.05, 4.69) is 31.0 Å². The summed E-state index contributed by atoms with van der Waals surface area (Å²) < 4.78 is 37.0. The van der Waals surface area contributed by atoms with Crippen LogP contribution in [0.3, 0.4) is 0 Å². The molecule has 20 heavy (non-hydrogen) atoms. The van der Waals surface area contributed by atoms with Crippen molar-refractivity contribution in [3.8, 4) is 0 Å². The molecule has 1 N–H and O–H groups in total. The van der Waals surface area contributed by atoms with Gasteiger partial charge in [-0.25, -0.2) is 0 Å². The predicted molar refractivity (Wildman–Crippen MR) is 75.9 cm³/mol. The van der Waals surface area contributed by atoms with E-state index >= 15 is 0 Å². The van der Waals surface area contributed by atoms with Crippen LogP contribution in [-0.4, -0.2) is 67.8 Å². The van der Waals surface area contributed by atoms with Gasteiger partial charge in [-0.1, -0.05) is 13.8 Å². The van der Waals surface area contributed by atoms with Gasteiger partial charge in [0.1, 0.15) is 0 Å². The van der Waals surface area contributed by atoms with Crippen molar-refractivity contribution < 1.29 is 13.2 Å². The minimum absolute atomic E-state index is 0.410. The van der Waals surface area contributed by atoms with Crippen LogP contribution < -0.4 is 5.32 Å². The standard InChI is InChI=1S/C14H28F3N3/c1-4-5-18-10-12(2)13(3)20-8-6-19(7-9-20)11-14(15,16)17/h12-13,18H,4-11H2,1-3H3. The third-order valence-corrected chi connectivity index (χ3v) is 4.10. The van der Waals surface area contributed by atoms with Gasteiger partial charge >= 0.3 is 6.18 Å². The van der Waals surface area contributed by atoms with Crippen LogP contribution in [0.15, 0.2) is 0 Å². The molecule has 120 valence electrons. The monoisotopic (exact) mass is 295 g/mol. The second-order valence-corrected chi connectivity index (χ2v) is 5.85. The summed E-state index contributed by atoms with van der Waals surface area (Å²) >= 11 is 0. The van der Waals surface area contributed by atoms with Crippen LogP contribution in [0.25, 0.3) is 0 Å². The zero-order chi connectivity index (χ0) is 15.2. The lowest BCUT2D eigenvalue weighted by atomic mass is 10.0. The molecule has 1 saturated heterocycles. The van der Waals surface area contributed by atoms with Gasteiger partial charge in [0.05, 0.1) is 6.54 Å². The van der Waals surface area contributed by atoms with Crippen molar-refractivity contribution in [3.63, 3.8) is 0 Å². The van der Waals surface area contributed by atoms with E-state index in [4.69, 9.17) is 0 Å². The highest BCUT2D eigenvalue weighted by Crippen LogP contribution is 2.19. The van der Waals surface area contributed by atoms with Gasteiger partial charge in [0.25, 0.3) is 0 Å². The molecule has 1 rings (SSSR count). The normalized spacial score (nSPS) is 21.9. The number of halogens is 3. The summed E-state index contributed by atoms with van der Waals surface area (Å²) in [5.74, 6) is 0.510. The zero-order valence-electron chi connectivity index (χ0n) is 12.8. The molecule has 0 saturated carbocycles. The Bertz CT molecular complexity index is 263. The molecule has 0 aromatic rings. The summed E-state index contributed by atoms with van der Waals surface area (Å²) in [5.41, 5.74) is 0. The molecule has 2 atom stereocenters. The van der Waals surface area contributed by atoms with Crippen molar-refractivity contribution in [1.29, 1.82) is 0 Å². The summed E-state index contributed by atoms with van der Waals surface area (Å²) in [6.45, 7) is 10.2. The van der Waals surface area contributed by atoms with Crippen LogP contribution in [0, 0.1) is 5.92 Å². The maximum atomic E-state index is 12.3. The fourth-order valence-electron chi connectivity index (χ4n) is 2.62. The van der Waals surface area contributed by atoms with Crippen molar-refractivity contribution in [2.45, 2.75) is 39.4 Å². The summed E-state index contributed by atoms with van der Waals surface area (Å²) in [7, 11) is 0. The van der Waals surface area contributed by atoms with E-state index in [0.29, 0.717) is 25.0 Å². The predicted octanol–water partition coefficient (Wildman–Crippen LogP) is 2.19. The van der Waals surface area contributed by atoms with Gasteiger partial charge in [-0.3, -0.25) is 9.80 Å². The quantitative estimate of drug-likeness (QED) is 0.726. The Morgan fingerprint density at radius 2 is 1.70 bits per heavy atom. The molecule has 0 aromatic heterocycles. The highest BCUT2D eigenvalue weighted by Gasteiger charge is 2.33. The Morgan fingerprint density at radius 1 is 1.10 bits per heavy atom. The molecule has 0 spiro atoms. The van der Waals surface area contributed by atoms with E-state index in [-0.39, 0.29) is 0 Å². The van der Waals surface area contributed by atoms with Gasteiger partial charge in [-0.15, -0.1) is 0 Å². The first kappa shape index (κ1) is 17.7. The number of nitrogens with one attached hydrogen (secondary N) is 1. The second-order valence-electron chi connectivity index (χ2n) is 5.85. The van der Waals surface area contributed by atoms with E-state index in [1.54, 1.807) is 0 Å². The summed E-state index contributed by atoms with van der Waals surface area (Å²) in [6.07, 6.45) is -2.96. The average molecular weight is 295 g/mol. The number of alkyl halides is 3. The molecule has 0 aliphatic carbocycles. The van der Waals surface area contributed by atoms with Crippen molar-refractivity contribution in [2.75, 3.05) is 45.8 Å². The number of piperazine rings is 1. The van der Waals surface area contributed by atoms with E-state index < -0.39 is 12.7 Å². The van der Waals surface area contributed by atoms with Crippen LogP contribution in [0.4, 0.5) is 13.2 Å². The smallest absolute Gasteiger partial charge is 0.316 e. The van der Waals surface area contributed by atoms with Crippen LogP contribution in [0.5, 0.6) is 0 Å². The molecule has 3 nitrogen and oxygen atoms in total. The highest BCUT2D eigenvalue weighted by atomic mass is 19.4. The molecule has 1 aliphatic heterocycles. The minimum atomic E-state index is -4.08. The molecule has 0 amide bonds. The maximum absolute atomic E-state index is 12.3. The first-order valence-electron chi connectivity index (χ1n) is 7.57. The first-order chi connectivity index (χ1) is 9.33. The molecule has 0 aromatic carbocycles. The van der Waals surface area contributed by atoms with Gasteiger partial charge in [-0.2, -0.15) is 13.2 Å². The van der Waals surface area contributed by atoms with E-state index in [1.165, 1.54) is 4.90 Å². The Morgan fingerprint density at radius 3 is 2.20 bits per heavy atom. The molecule has 6 heteroatoms. The van der Waals surface area contributed by atoms with E-state index in [0.717, 1.165) is 32.6 Å². The number of nitrogens with zero attached hydrogens (tertiary/aromatic N) is 2. The van der Waals surface area contributed by atoms with Crippen molar-refractivity contribution in [2.24, 2.45) is 5.92 Å². The molecule has 1 heterocycles. The highest BCUT2D eigenvalue weighted by molar-refractivity contribution is 4.80. The Hall–Kier alpha value is -0.330. The zero-order valence-corrected chi connectivity index (χ0v) is 12.8. The summed E-state index contributed by atoms with van der Waals surface area (Å²) in [4.78, 5) is 3.81. The van der Waals surface area contributed by atoms with Crippen LogP contribution in [0.2, 0.25) is 0 Å². The van der Waals surface area contributed by atoms with E-state index in [1.807, 2.05) is 0 Å². The SMILES string of the molecule is CCCNCC(C)C(C)N1CCN(CC(F)(F)F)CC1. The molecule has 1 aliphatic rings. The molecule has 2 unspecified atom stereocenters. The third-order valence-electron chi connectivity index (χ3n) is 4.10. The van der Waals surface area contributed by atoms with Crippen LogP contribution in [0.1, 0.15) is 27.2 Å². The summed E-state index contributed by atoms with van der Waals surface area (Å²) in [6, 6.07) is 0.410. The average Bonchev–Trinajstić information content (AvgIpc) is 2.37.